The molecule has 0 radical (unpaired) electrons. The van der Waals surface area contributed by atoms with Gasteiger partial charge in [0.2, 0.25) is 0 Å². The minimum atomic E-state index is -0.120. The van der Waals surface area contributed by atoms with Crippen molar-refractivity contribution < 1.29 is 4.39 Å². The molecule has 0 spiro atoms. The highest BCUT2D eigenvalue weighted by Gasteiger charge is 2.04. The van der Waals surface area contributed by atoms with Crippen molar-refractivity contribution in [1.82, 2.24) is 0 Å². The highest BCUT2D eigenvalue weighted by Crippen LogP contribution is 2.19. The molecule has 1 rings (SSSR count). The maximum atomic E-state index is 12.9. The molecule has 11 heavy (non-hydrogen) atoms. The summed E-state index contributed by atoms with van der Waals surface area (Å²) in [6, 6.07) is 3.32. The van der Waals surface area contributed by atoms with Crippen molar-refractivity contribution in [3.63, 3.8) is 0 Å². The van der Waals surface area contributed by atoms with Crippen molar-refractivity contribution in [2.75, 3.05) is 0 Å². The van der Waals surface area contributed by atoms with Gasteiger partial charge in [-0.1, -0.05) is 22.0 Å². The second-order valence-corrected chi connectivity index (χ2v) is 3.16. The molecule has 60 valence electrons. The van der Waals surface area contributed by atoms with Crippen molar-refractivity contribution in [3.8, 4) is 0 Å². The number of benzene rings is 1. The van der Waals surface area contributed by atoms with E-state index in [-0.39, 0.29) is 5.82 Å². The van der Waals surface area contributed by atoms with Gasteiger partial charge in [0.05, 0.1) is 0 Å². The minimum absolute atomic E-state index is 0.120. The van der Waals surface area contributed by atoms with Gasteiger partial charge in [-0.25, -0.2) is 4.39 Å². The predicted octanol–water partition coefficient (Wildman–Crippen LogP) is 3.34. The summed E-state index contributed by atoms with van der Waals surface area (Å²) in [6.07, 6.45) is 0. The zero-order chi connectivity index (χ0) is 8.43. The fourth-order valence-electron chi connectivity index (χ4n) is 1.07. The molecule has 1 aromatic rings. The van der Waals surface area contributed by atoms with Crippen LogP contribution in [0.3, 0.4) is 0 Å². The van der Waals surface area contributed by atoms with E-state index >= 15 is 0 Å². The summed E-state index contributed by atoms with van der Waals surface area (Å²) < 4.78 is 12.9. The number of rotatable bonds is 1. The van der Waals surface area contributed by atoms with Crippen molar-refractivity contribution in [3.05, 3.63) is 34.6 Å². The van der Waals surface area contributed by atoms with Crippen LogP contribution in [0, 0.1) is 19.7 Å². The molecule has 0 saturated carbocycles. The highest BCUT2D eigenvalue weighted by molar-refractivity contribution is 9.08. The Labute approximate surface area is 74.6 Å². The molecule has 2 heteroatoms. The highest BCUT2D eigenvalue weighted by atomic mass is 79.9. The van der Waals surface area contributed by atoms with Crippen LogP contribution in [0.5, 0.6) is 0 Å². The molecule has 1 aromatic carbocycles. The molecule has 0 fully saturated rings. The molecule has 0 aromatic heterocycles. The smallest absolute Gasteiger partial charge is 0.126 e. The van der Waals surface area contributed by atoms with Crippen LogP contribution in [-0.4, -0.2) is 0 Å². The zero-order valence-corrected chi connectivity index (χ0v) is 8.20. The maximum absolute atomic E-state index is 12.9. The van der Waals surface area contributed by atoms with Crippen LogP contribution in [-0.2, 0) is 5.33 Å². The van der Waals surface area contributed by atoms with Gasteiger partial charge in [0, 0.05) is 5.33 Å². The van der Waals surface area contributed by atoms with Crippen LogP contribution >= 0.6 is 15.9 Å². The topological polar surface area (TPSA) is 0 Å². The van der Waals surface area contributed by atoms with Gasteiger partial charge in [0.15, 0.2) is 0 Å². The van der Waals surface area contributed by atoms with Crippen LogP contribution < -0.4 is 0 Å². The Kier molecular flexibility index (Phi) is 2.66. The van der Waals surface area contributed by atoms with Gasteiger partial charge in [-0.15, -0.1) is 0 Å². The lowest BCUT2D eigenvalue weighted by molar-refractivity contribution is 0.616. The van der Waals surface area contributed by atoms with E-state index in [1.165, 1.54) is 6.07 Å². The van der Waals surface area contributed by atoms with Gasteiger partial charge in [-0.3, -0.25) is 0 Å². The molecular weight excluding hydrogens is 207 g/mol. The van der Waals surface area contributed by atoms with Crippen LogP contribution in [0.4, 0.5) is 4.39 Å². The first-order valence-corrected chi connectivity index (χ1v) is 4.59. The van der Waals surface area contributed by atoms with Gasteiger partial charge < -0.3 is 0 Å². The Hall–Kier alpha value is -0.370. The number of alkyl halides is 1. The van der Waals surface area contributed by atoms with Crippen molar-refractivity contribution in [2.24, 2.45) is 0 Å². The fourth-order valence-corrected chi connectivity index (χ4v) is 1.93. The maximum Gasteiger partial charge on any atom is 0.126 e. The van der Waals surface area contributed by atoms with Crippen molar-refractivity contribution >= 4 is 15.9 Å². The number of hydrogen-bond donors (Lipinski definition) is 0. The fraction of sp³-hybridized carbons (Fsp3) is 0.333. The minimum Gasteiger partial charge on any atom is -0.207 e. The van der Waals surface area contributed by atoms with Crippen LogP contribution in [0.15, 0.2) is 12.1 Å². The summed E-state index contributed by atoms with van der Waals surface area (Å²) in [5.41, 5.74) is 2.95. The third-order valence-corrected chi connectivity index (χ3v) is 2.46. The number of halogens is 2. The number of aryl methyl sites for hydroxylation is 1. The molecule has 0 aliphatic carbocycles. The Morgan fingerprint density at radius 1 is 1.36 bits per heavy atom. The van der Waals surface area contributed by atoms with Gasteiger partial charge >= 0.3 is 0 Å². The standard InChI is InChI=1S/C9H10BrF/c1-6-3-4-9(11)7(2)8(6)5-10/h3-4H,5H2,1-2H3. The van der Waals surface area contributed by atoms with Crippen LogP contribution in [0.1, 0.15) is 16.7 Å². The zero-order valence-electron chi connectivity index (χ0n) is 6.62. The average molecular weight is 217 g/mol. The SMILES string of the molecule is Cc1ccc(F)c(C)c1CBr. The third-order valence-electron chi connectivity index (χ3n) is 1.90. The van der Waals surface area contributed by atoms with E-state index in [0.717, 1.165) is 22.0 Å². The van der Waals surface area contributed by atoms with Gasteiger partial charge in [0.25, 0.3) is 0 Å². The normalized spacial score (nSPS) is 10.2. The van der Waals surface area contributed by atoms with Gasteiger partial charge in [-0.05, 0) is 36.6 Å². The second-order valence-electron chi connectivity index (χ2n) is 2.60. The molecule has 0 atom stereocenters. The summed E-state index contributed by atoms with van der Waals surface area (Å²) in [4.78, 5) is 0. The van der Waals surface area contributed by atoms with E-state index in [1.54, 1.807) is 13.0 Å². The van der Waals surface area contributed by atoms with Crippen molar-refractivity contribution in [1.29, 1.82) is 0 Å². The van der Waals surface area contributed by atoms with Gasteiger partial charge in [0.1, 0.15) is 5.82 Å². The van der Waals surface area contributed by atoms with E-state index in [1.807, 2.05) is 6.92 Å². The molecule has 0 N–H and O–H groups in total. The summed E-state index contributed by atoms with van der Waals surface area (Å²) in [5, 5.41) is 0.725. The summed E-state index contributed by atoms with van der Waals surface area (Å²) in [7, 11) is 0. The first-order valence-electron chi connectivity index (χ1n) is 3.47. The average Bonchev–Trinajstić information content (AvgIpc) is 1.99. The van der Waals surface area contributed by atoms with E-state index in [9.17, 15) is 4.39 Å². The summed E-state index contributed by atoms with van der Waals surface area (Å²) in [6.45, 7) is 3.79. The largest absolute Gasteiger partial charge is 0.207 e. The summed E-state index contributed by atoms with van der Waals surface area (Å²) >= 11 is 3.33. The lowest BCUT2D eigenvalue weighted by Crippen LogP contribution is -1.92. The Morgan fingerprint density at radius 3 is 2.45 bits per heavy atom. The third kappa shape index (κ3) is 1.62. The van der Waals surface area contributed by atoms with E-state index in [0.29, 0.717) is 0 Å². The lowest BCUT2D eigenvalue weighted by atomic mass is 10.0. The molecule has 0 nitrogen and oxygen atoms in total. The quantitative estimate of drug-likeness (QED) is 0.633. The monoisotopic (exact) mass is 216 g/mol. The molecule has 0 aliphatic heterocycles. The first-order chi connectivity index (χ1) is 5.16. The molecule has 0 saturated heterocycles. The van der Waals surface area contributed by atoms with Gasteiger partial charge in [-0.2, -0.15) is 0 Å². The second kappa shape index (κ2) is 3.35. The molecule has 0 bridgehead atoms. The van der Waals surface area contributed by atoms with E-state index in [2.05, 4.69) is 15.9 Å². The predicted molar refractivity (Wildman–Crippen MR) is 48.5 cm³/mol. The van der Waals surface area contributed by atoms with E-state index in [4.69, 9.17) is 0 Å². The Balaban J connectivity index is 3.29. The molecule has 0 aliphatic rings. The first kappa shape index (κ1) is 8.72. The Bertz CT molecular complexity index is 269. The van der Waals surface area contributed by atoms with Crippen LogP contribution in [0.2, 0.25) is 0 Å². The molecule has 0 heterocycles. The molecule has 0 unspecified atom stereocenters. The van der Waals surface area contributed by atoms with Crippen molar-refractivity contribution in [2.45, 2.75) is 19.2 Å². The summed E-state index contributed by atoms with van der Waals surface area (Å²) in [5.74, 6) is -0.120. The lowest BCUT2D eigenvalue weighted by Gasteiger charge is -2.06. The molecule has 0 amide bonds. The molecular formula is C9H10BrF. The van der Waals surface area contributed by atoms with E-state index < -0.39 is 0 Å². The number of hydrogen-bond acceptors (Lipinski definition) is 0. The Morgan fingerprint density at radius 2 is 2.00 bits per heavy atom. The van der Waals surface area contributed by atoms with Crippen LogP contribution in [0.25, 0.3) is 0 Å².